The summed E-state index contributed by atoms with van der Waals surface area (Å²) in [4.78, 5) is 36.5. The summed E-state index contributed by atoms with van der Waals surface area (Å²) in [6.45, 7) is 0.365. The summed E-state index contributed by atoms with van der Waals surface area (Å²) in [6.07, 6.45) is 5.59. The summed E-state index contributed by atoms with van der Waals surface area (Å²) in [5.41, 5.74) is 2.41. The second-order valence-electron chi connectivity index (χ2n) is 9.52. The van der Waals surface area contributed by atoms with Gasteiger partial charge in [-0.3, -0.25) is 24.1 Å². The van der Waals surface area contributed by atoms with Crippen molar-refractivity contribution < 1.29 is 18.7 Å². The van der Waals surface area contributed by atoms with E-state index in [1.165, 1.54) is 28.0 Å². The molecule has 1 aliphatic heterocycles. The standard InChI is InChI=1S/C32H21FN4O4S/c33-22-16-20(36-31(38)28-29-19(12-15-40-29)18-37(32(28)39)21-6-2-1-3-7-21)9-10-25(22)41-26-11-14-35-24-17-27(42-30(24)26)23-8-4-5-13-34-23/h1-11,13-14,16-18H,12,15H2,(H,36,38). The van der Waals surface area contributed by atoms with Crippen LogP contribution in [0.2, 0.25) is 0 Å². The first-order chi connectivity index (χ1) is 20.5. The van der Waals surface area contributed by atoms with Crippen LogP contribution in [0.4, 0.5) is 10.1 Å². The van der Waals surface area contributed by atoms with Crippen molar-refractivity contribution in [1.29, 1.82) is 0 Å². The van der Waals surface area contributed by atoms with Crippen molar-refractivity contribution >= 4 is 33.1 Å². The number of carbonyl (C=O) groups is 1. The first-order valence-corrected chi connectivity index (χ1v) is 13.9. The van der Waals surface area contributed by atoms with Gasteiger partial charge in [-0.1, -0.05) is 24.3 Å². The normalized spacial score (nSPS) is 12.1. The van der Waals surface area contributed by atoms with Gasteiger partial charge in [-0.25, -0.2) is 4.39 Å². The van der Waals surface area contributed by atoms with Gasteiger partial charge in [-0.05, 0) is 42.5 Å². The van der Waals surface area contributed by atoms with Gasteiger partial charge in [0.1, 0.15) is 17.1 Å². The topological polar surface area (TPSA) is 95.3 Å². The Hall–Kier alpha value is -5.35. The average molecular weight is 577 g/mol. The summed E-state index contributed by atoms with van der Waals surface area (Å²) >= 11 is 1.45. The number of hydrogen-bond donors (Lipinski definition) is 1. The molecule has 0 spiro atoms. The largest absolute Gasteiger partial charge is 0.492 e. The van der Waals surface area contributed by atoms with E-state index in [2.05, 4.69) is 15.3 Å². The predicted molar refractivity (Wildman–Crippen MR) is 159 cm³/mol. The fourth-order valence-corrected chi connectivity index (χ4v) is 5.88. The lowest BCUT2D eigenvalue weighted by Gasteiger charge is -2.13. The lowest BCUT2D eigenvalue weighted by molar-refractivity contribution is 0.102. The Kier molecular flexibility index (Phi) is 6.44. The summed E-state index contributed by atoms with van der Waals surface area (Å²) < 4.78 is 29.0. The number of aromatic nitrogens is 3. The number of anilines is 1. The zero-order valence-electron chi connectivity index (χ0n) is 21.9. The molecule has 0 radical (unpaired) electrons. The zero-order chi connectivity index (χ0) is 28.6. The van der Waals surface area contributed by atoms with Crippen molar-refractivity contribution in [2.45, 2.75) is 6.42 Å². The molecule has 8 nitrogen and oxygen atoms in total. The Morgan fingerprint density at radius 1 is 0.976 bits per heavy atom. The molecule has 0 unspecified atom stereocenters. The van der Waals surface area contributed by atoms with Gasteiger partial charge in [-0.15, -0.1) is 11.3 Å². The van der Waals surface area contributed by atoms with Crippen LogP contribution in [0.3, 0.4) is 0 Å². The van der Waals surface area contributed by atoms with E-state index in [1.54, 1.807) is 36.8 Å². The van der Waals surface area contributed by atoms with Crippen LogP contribution < -0.4 is 20.3 Å². The van der Waals surface area contributed by atoms with Gasteiger partial charge in [0.05, 0.1) is 27.4 Å². The number of halogens is 1. The molecule has 4 aromatic heterocycles. The zero-order valence-corrected chi connectivity index (χ0v) is 22.7. The quantitative estimate of drug-likeness (QED) is 0.239. The maximum atomic E-state index is 15.3. The minimum Gasteiger partial charge on any atom is -0.492 e. The van der Waals surface area contributed by atoms with Crippen molar-refractivity contribution in [2.75, 3.05) is 11.9 Å². The van der Waals surface area contributed by atoms with E-state index < -0.39 is 17.3 Å². The third-order valence-electron chi connectivity index (χ3n) is 6.82. The summed E-state index contributed by atoms with van der Waals surface area (Å²) in [5, 5.41) is 2.65. The van der Waals surface area contributed by atoms with Gasteiger partial charge in [0.15, 0.2) is 11.6 Å². The van der Waals surface area contributed by atoms with Gasteiger partial charge in [-0.2, -0.15) is 0 Å². The third-order valence-corrected chi connectivity index (χ3v) is 7.98. The Morgan fingerprint density at radius 2 is 1.83 bits per heavy atom. The van der Waals surface area contributed by atoms with Gasteiger partial charge in [0, 0.05) is 54.1 Å². The van der Waals surface area contributed by atoms with E-state index in [9.17, 15) is 9.59 Å². The van der Waals surface area contributed by atoms with Crippen LogP contribution in [0.1, 0.15) is 15.9 Å². The van der Waals surface area contributed by atoms with E-state index >= 15 is 4.39 Å². The van der Waals surface area contributed by atoms with Crippen molar-refractivity contribution in [3.05, 3.63) is 125 Å². The summed E-state index contributed by atoms with van der Waals surface area (Å²) in [5.74, 6) is -0.693. The number of benzene rings is 2. The van der Waals surface area contributed by atoms with E-state index in [4.69, 9.17) is 9.47 Å². The van der Waals surface area contributed by atoms with Crippen LogP contribution in [-0.2, 0) is 6.42 Å². The molecular weight excluding hydrogens is 555 g/mol. The molecule has 5 heterocycles. The van der Waals surface area contributed by atoms with Crippen molar-refractivity contribution in [3.8, 4) is 33.5 Å². The third kappa shape index (κ3) is 4.67. The number of pyridine rings is 3. The molecule has 1 amide bonds. The van der Waals surface area contributed by atoms with E-state index in [0.717, 1.165) is 26.9 Å². The minimum absolute atomic E-state index is 0.0244. The van der Waals surface area contributed by atoms with Crippen LogP contribution in [0.25, 0.3) is 26.5 Å². The summed E-state index contributed by atoms with van der Waals surface area (Å²) in [6, 6.07) is 22.4. The molecule has 0 saturated heterocycles. The second kappa shape index (κ2) is 10.6. The second-order valence-corrected chi connectivity index (χ2v) is 10.6. The molecule has 0 aliphatic carbocycles. The van der Waals surface area contributed by atoms with Crippen LogP contribution in [0, 0.1) is 5.82 Å². The number of rotatable bonds is 6. The lowest BCUT2D eigenvalue weighted by atomic mass is 10.1. The van der Waals surface area contributed by atoms with Crippen LogP contribution >= 0.6 is 11.3 Å². The predicted octanol–water partition coefficient (Wildman–Crippen LogP) is 6.63. The highest BCUT2D eigenvalue weighted by molar-refractivity contribution is 7.22. The number of nitrogens with zero attached hydrogens (tertiary/aromatic N) is 3. The monoisotopic (exact) mass is 576 g/mol. The van der Waals surface area contributed by atoms with Gasteiger partial charge in [0.2, 0.25) is 0 Å². The molecule has 6 aromatic rings. The van der Waals surface area contributed by atoms with E-state index in [0.29, 0.717) is 30.0 Å². The molecule has 206 valence electrons. The Labute approximate surface area is 242 Å². The van der Waals surface area contributed by atoms with Crippen molar-refractivity contribution in [2.24, 2.45) is 0 Å². The number of amides is 1. The molecule has 10 heteroatoms. The maximum absolute atomic E-state index is 15.3. The van der Waals surface area contributed by atoms with Crippen LogP contribution in [0.5, 0.6) is 17.2 Å². The molecule has 1 N–H and O–H groups in total. The van der Waals surface area contributed by atoms with Crippen LogP contribution in [-0.4, -0.2) is 27.0 Å². The molecule has 0 saturated carbocycles. The number of carbonyl (C=O) groups excluding carboxylic acids is 1. The van der Waals surface area contributed by atoms with E-state index in [-0.39, 0.29) is 22.7 Å². The van der Waals surface area contributed by atoms with Crippen molar-refractivity contribution in [3.63, 3.8) is 0 Å². The first kappa shape index (κ1) is 25.6. The highest BCUT2D eigenvalue weighted by atomic mass is 32.1. The highest BCUT2D eigenvalue weighted by Gasteiger charge is 2.27. The van der Waals surface area contributed by atoms with Crippen molar-refractivity contribution in [1.82, 2.24) is 14.5 Å². The fourth-order valence-electron chi connectivity index (χ4n) is 4.84. The van der Waals surface area contributed by atoms with Gasteiger partial charge >= 0.3 is 0 Å². The maximum Gasteiger partial charge on any atom is 0.271 e. The average Bonchev–Trinajstić information content (AvgIpc) is 3.67. The number of fused-ring (bicyclic) bond motifs is 2. The minimum atomic E-state index is -0.687. The molecule has 7 rings (SSSR count). The fraction of sp³-hybridized carbons (Fsp3) is 0.0625. The molecule has 1 aliphatic rings. The number of para-hydroxylation sites is 1. The first-order valence-electron chi connectivity index (χ1n) is 13.1. The number of hydrogen-bond acceptors (Lipinski definition) is 7. The Balaban J connectivity index is 1.16. The Bertz CT molecular complexity index is 2030. The summed E-state index contributed by atoms with van der Waals surface area (Å²) in [7, 11) is 0. The lowest BCUT2D eigenvalue weighted by Crippen LogP contribution is -2.29. The molecular formula is C32H21FN4O4S. The van der Waals surface area contributed by atoms with Gasteiger partial charge < -0.3 is 14.8 Å². The number of thiophene rings is 1. The van der Waals surface area contributed by atoms with Crippen LogP contribution in [0.15, 0.2) is 102 Å². The molecule has 0 fully saturated rings. The molecule has 2 aromatic carbocycles. The SMILES string of the molecule is O=C(Nc1ccc(Oc2ccnc3cc(-c4ccccn4)sc23)c(F)c1)c1c2c(cn(-c3ccccc3)c1=O)CCO2. The number of nitrogens with one attached hydrogen (secondary N) is 1. The van der Waals surface area contributed by atoms with E-state index in [1.807, 2.05) is 42.5 Å². The molecule has 42 heavy (non-hydrogen) atoms. The Morgan fingerprint density at radius 3 is 2.64 bits per heavy atom. The van der Waals surface area contributed by atoms with Gasteiger partial charge in [0.25, 0.3) is 11.5 Å². The molecule has 0 bridgehead atoms. The molecule has 0 atom stereocenters. The number of ether oxygens (including phenoxy) is 2. The highest BCUT2D eigenvalue weighted by Crippen LogP contribution is 2.39. The smallest absolute Gasteiger partial charge is 0.271 e.